The molecule has 6 nitrogen and oxygen atoms in total. The van der Waals surface area contributed by atoms with Crippen LogP contribution in [0.15, 0.2) is 6.07 Å². The van der Waals surface area contributed by atoms with E-state index in [2.05, 4.69) is 41.1 Å². The van der Waals surface area contributed by atoms with Gasteiger partial charge < -0.3 is 15.1 Å². The van der Waals surface area contributed by atoms with Gasteiger partial charge in [0.05, 0.1) is 12.6 Å². The summed E-state index contributed by atoms with van der Waals surface area (Å²) in [6.07, 6.45) is 0. The van der Waals surface area contributed by atoms with E-state index in [1.165, 1.54) is 0 Å². The van der Waals surface area contributed by atoms with Gasteiger partial charge in [-0.2, -0.15) is 0 Å². The monoisotopic (exact) mass is 253 g/mol. The van der Waals surface area contributed by atoms with Crippen LogP contribution in [0.3, 0.4) is 0 Å². The first-order chi connectivity index (χ1) is 8.49. The van der Waals surface area contributed by atoms with Crippen molar-refractivity contribution in [1.82, 2.24) is 9.97 Å². The number of anilines is 2. The lowest BCUT2D eigenvalue weighted by Crippen LogP contribution is -2.33. The summed E-state index contributed by atoms with van der Waals surface area (Å²) in [5, 5.41) is 0. The number of nitrogens with one attached hydrogen (secondary N) is 1. The van der Waals surface area contributed by atoms with Gasteiger partial charge in [-0.15, -0.1) is 0 Å². The van der Waals surface area contributed by atoms with Crippen molar-refractivity contribution in [2.75, 3.05) is 31.1 Å². The molecule has 1 rings (SSSR count). The standard InChI is InChI=1S/C12H23N5O/c1-8(2)12-14-10(16-13)6-11(15-12)17(4)9(3)7-18-5/h6,8-9H,7,13H2,1-5H3,(H,14,15,16). The van der Waals surface area contributed by atoms with Crippen molar-refractivity contribution in [1.29, 1.82) is 0 Å². The molecule has 0 fully saturated rings. The van der Waals surface area contributed by atoms with Gasteiger partial charge in [0, 0.05) is 26.1 Å². The van der Waals surface area contributed by atoms with E-state index in [4.69, 9.17) is 10.6 Å². The first-order valence-electron chi connectivity index (χ1n) is 6.07. The van der Waals surface area contributed by atoms with E-state index in [1.807, 2.05) is 13.1 Å². The van der Waals surface area contributed by atoms with Crippen molar-refractivity contribution in [2.24, 2.45) is 5.84 Å². The Labute approximate surface area is 109 Å². The molecule has 0 aliphatic heterocycles. The molecule has 1 aromatic heterocycles. The van der Waals surface area contributed by atoms with Gasteiger partial charge in [0.25, 0.3) is 0 Å². The fourth-order valence-corrected chi connectivity index (χ4v) is 1.54. The van der Waals surface area contributed by atoms with E-state index < -0.39 is 0 Å². The molecule has 0 aliphatic rings. The molecule has 0 amide bonds. The van der Waals surface area contributed by atoms with Gasteiger partial charge >= 0.3 is 0 Å². The van der Waals surface area contributed by atoms with Gasteiger partial charge in [-0.25, -0.2) is 15.8 Å². The van der Waals surface area contributed by atoms with Gasteiger partial charge in [0.15, 0.2) is 0 Å². The number of hydrogen-bond acceptors (Lipinski definition) is 6. The SMILES string of the molecule is COCC(C)N(C)c1cc(NN)nc(C(C)C)n1. The molecule has 0 radical (unpaired) electrons. The van der Waals surface area contributed by atoms with Crippen LogP contribution in [0.4, 0.5) is 11.6 Å². The highest BCUT2D eigenvalue weighted by atomic mass is 16.5. The van der Waals surface area contributed by atoms with Gasteiger partial charge in [0.1, 0.15) is 17.5 Å². The van der Waals surface area contributed by atoms with Crippen molar-refractivity contribution in [2.45, 2.75) is 32.7 Å². The number of nitrogens with zero attached hydrogens (tertiary/aromatic N) is 3. The molecule has 102 valence electrons. The molecule has 1 heterocycles. The molecule has 3 N–H and O–H groups in total. The van der Waals surface area contributed by atoms with Crippen molar-refractivity contribution in [3.05, 3.63) is 11.9 Å². The number of nitrogen functional groups attached to an aromatic ring is 1. The lowest BCUT2D eigenvalue weighted by Gasteiger charge is -2.26. The van der Waals surface area contributed by atoms with Gasteiger partial charge in [0.2, 0.25) is 0 Å². The zero-order chi connectivity index (χ0) is 13.7. The van der Waals surface area contributed by atoms with E-state index in [1.54, 1.807) is 7.11 Å². The number of ether oxygens (including phenoxy) is 1. The Morgan fingerprint density at radius 3 is 2.56 bits per heavy atom. The summed E-state index contributed by atoms with van der Waals surface area (Å²) in [6.45, 7) is 6.83. The molecule has 18 heavy (non-hydrogen) atoms. The maximum absolute atomic E-state index is 5.44. The molecule has 0 bridgehead atoms. The molecule has 1 unspecified atom stereocenters. The van der Waals surface area contributed by atoms with Crippen LogP contribution in [0, 0.1) is 0 Å². The Kier molecular flexibility index (Phi) is 5.30. The lowest BCUT2D eigenvalue weighted by molar-refractivity contribution is 0.183. The third-order valence-electron chi connectivity index (χ3n) is 2.82. The first-order valence-corrected chi connectivity index (χ1v) is 6.07. The molecule has 0 aliphatic carbocycles. The average Bonchev–Trinajstić information content (AvgIpc) is 2.37. The zero-order valence-electron chi connectivity index (χ0n) is 11.8. The molecular weight excluding hydrogens is 230 g/mol. The molecule has 0 spiro atoms. The van der Waals surface area contributed by atoms with Crippen LogP contribution in [0.25, 0.3) is 0 Å². The summed E-state index contributed by atoms with van der Waals surface area (Å²) in [5.74, 6) is 7.93. The van der Waals surface area contributed by atoms with Gasteiger partial charge in [-0.05, 0) is 6.92 Å². The van der Waals surface area contributed by atoms with Crippen molar-refractivity contribution >= 4 is 11.6 Å². The van der Waals surface area contributed by atoms with Crippen LogP contribution in [-0.2, 0) is 4.74 Å². The lowest BCUT2D eigenvalue weighted by atomic mass is 10.2. The average molecular weight is 253 g/mol. The maximum atomic E-state index is 5.44. The molecule has 0 saturated carbocycles. The van der Waals surface area contributed by atoms with Crippen molar-refractivity contribution in [3.63, 3.8) is 0 Å². The van der Waals surface area contributed by atoms with Crippen LogP contribution in [0.1, 0.15) is 32.5 Å². The molecule has 1 atom stereocenters. The molecule has 1 aromatic rings. The van der Waals surface area contributed by atoms with Crippen LogP contribution in [0.5, 0.6) is 0 Å². The third-order valence-corrected chi connectivity index (χ3v) is 2.82. The number of methoxy groups -OCH3 is 1. The highest BCUT2D eigenvalue weighted by Gasteiger charge is 2.14. The fraction of sp³-hybridized carbons (Fsp3) is 0.667. The highest BCUT2D eigenvalue weighted by Crippen LogP contribution is 2.20. The van der Waals surface area contributed by atoms with Crippen LogP contribution < -0.4 is 16.2 Å². The number of hydrazine groups is 1. The number of rotatable bonds is 6. The fourth-order valence-electron chi connectivity index (χ4n) is 1.54. The van der Waals surface area contributed by atoms with Crippen LogP contribution in [-0.4, -0.2) is 36.8 Å². The molecule has 0 saturated heterocycles. The summed E-state index contributed by atoms with van der Waals surface area (Å²) in [5.41, 5.74) is 2.58. The molecule has 0 aromatic carbocycles. The largest absolute Gasteiger partial charge is 0.383 e. The minimum absolute atomic E-state index is 0.232. The summed E-state index contributed by atoms with van der Waals surface area (Å²) in [7, 11) is 3.67. The molecule has 6 heteroatoms. The van der Waals surface area contributed by atoms with Crippen molar-refractivity contribution in [3.8, 4) is 0 Å². The number of nitrogens with two attached hydrogens (primary N) is 1. The van der Waals surface area contributed by atoms with Gasteiger partial charge in [-0.3, -0.25) is 0 Å². The van der Waals surface area contributed by atoms with Gasteiger partial charge in [-0.1, -0.05) is 13.8 Å². The number of likely N-dealkylation sites (N-methyl/N-ethyl adjacent to an activating group) is 1. The topological polar surface area (TPSA) is 76.3 Å². The second-order valence-corrected chi connectivity index (χ2v) is 4.68. The zero-order valence-corrected chi connectivity index (χ0v) is 11.8. The Morgan fingerprint density at radius 1 is 1.39 bits per heavy atom. The normalized spacial score (nSPS) is 12.6. The summed E-state index contributed by atoms with van der Waals surface area (Å²) in [6, 6.07) is 2.06. The predicted octanol–water partition coefficient (Wildman–Crippen LogP) is 1.36. The quantitative estimate of drug-likeness (QED) is 0.589. The van der Waals surface area contributed by atoms with E-state index in [9.17, 15) is 0 Å². The van der Waals surface area contributed by atoms with Crippen LogP contribution in [0.2, 0.25) is 0 Å². The Bertz CT molecular complexity index is 383. The summed E-state index contributed by atoms with van der Waals surface area (Å²) < 4.78 is 5.16. The Balaban J connectivity index is 3.03. The predicted molar refractivity (Wildman–Crippen MR) is 73.7 cm³/mol. The van der Waals surface area contributed by atoms with E-state index >= 15 is 0 Å². The Hall–Kier alpha value is -1.40. The number of hydrogen-bond donors (Lipinski definition) is 2. The second-order valence-electron chi connectivity index (χ2n) is 4.68. The van der Waals surface area contributed by atoms with Crippen LogP contribution >= 0.6 is 0 Å². The third kappa shape index (κ3) is 3.54. The van der Waals surface area contributed by atoms with E-state index in [0.29, 0.717) is 12.4 Å². The smallest absolute Gasteiger partial charge is 0.145 e. The summed E-state index contributed by atoms with van der Waals surface area (Å²) >= 11 is 0. The maximum Gasteiger partial charge on any atom is 0.145 e. The van der Waals surface area contributed by atoms with Crippen molar-refractivity contribution < 1.29 is 4.74 Å². The summed E-state index contributed by atoms with van der Waals surface area (Å²) in [4.78, 5) is 10.9. The second kappa shape index (κ2) is 6.51. The minimum Gasteiger partial charge on any atom is -0.383 e. The number of aromatic nitrogens is 2. The van der Waals surface area contributed by atoms with E-state index in [0.717, 1.165) is 11.6 Å². The highest BCUT2D eigenvalue weighted by molar-refractivity contribution is 5.49. The van der Waals surface area contributed by atoms with E-state index in [-0.39, 0.29) is 12.0 Å². The first kappa shape index (κ1) is 14.7. The molecular formula is C12H23N5O. The Morgan fingerprint density at radius 2 is 2.06 bits per heavy atom. The minimum atomic E-state index is 0.232.